The molecule has 1 aromatic heterocycles. The average Bonchev–Trinajstić information content (AvgIpc) is 3.23. The highest BCUT2D eigenvalue weighted by Crippen LogP contribution is 2.26. The summed E-state index contributed by atoms with van der Waals surface area (Å²) in [6.45, 7) is 4.33. The molecule has 0 saturated heterocycles. The predicted octanol–water partition coefficient (Wildman–Crippen LogP) is 3.34. The van der Waals surface area contributed by atoms with Crippen molar-refractivity contribution in [3.05, 3.63) is 69.6 Å². The second kappa shape index (κ2) is 9.52. The minimum absolute atomic E-state index is 0.0380. The van der Waals surface area contributed by atoms with Gasteiger partial charge >= 0.3 is 12.0 Å². The molecule has 0 fully saturated rings. The summed E-state index contributed by atoms with van der Waals surface area (Å²) in [7, 11) is 0. The van der Waals surface area contributed by atoms with Crippen molar-refractivity contribution in [2.75, 3.05) is 13.2 Å². The van der Waals surface area contributed by atoms with Crippen LogP contribution in [0.15, 0.2) is 59.1 Å². The first kappa shape index (κ1) is 20.1. The molecule has 2 heterocycles. The highest BCUT2D eigenvalue weighted by atomic mass is 32.1. The third-order valence-corrected chi connectivity index (χ3v) is 5.53. The lowest BCUT2D eigenvalue weighted by Gasteiger charge is -2.29. The normalized spacial score (nSPS) is 17.6. The molecule has 1 aromatic carbocycles. The van der Waals surface area contributed by atoms with E-state index in [9.17, 15) is 9.59 Å². The van der Waals surface area contributed by atoms with Crippen LogP contribution in [-0.4, -0.2) is 31.2 Å². The molecular weight excluding hydrogens is 374 g/mol. The van der Waals surface area contributed by atoms with Gasteiger partial charge in [0.1, 0.15) is 0 Å². The molecule has 1 aliphatic rings. The van der Waals surface area contributed by atoms with Gasteiger partial charge in [0, 0.05) is 17.1 Å². The number of nitrogens with one attached hydrogen (secondary N) is 3. The third kappa shape index (κ3) is 4.61. The minimum Gasteiger partial charge on any atom is -0.463 e. The zero-order chi connectivity index (χ0) is 19.9. The van der Waals surface area contributed by atoms with Crippen LogP contribution in [0.2, 0.25) is 0 Å². The van der Waals surface area contributed by atoms with Crippen molar-refractivity contribution < 1.29 is 14.3 Å². The SMILES string of the molecule is CCOC(=O)C1=C(CN[C@@H](c2ccccc2)c2cccs2)NC(=O)N[C@H]1CC. The maximum absolute atomic E-state index is 12.5. The average molecular weight is 400 g/mol. The predicted molar refractivity (Wildman–Crippen MR) is 110 cm³/mol. The molecule has 0 unspecified atom stereocenters. The van der Waals surface area contributed by atoms with Crippen LogP contribution in [0.5, 0.6) is 0 Å². The molecular formula is C21H25N3O3S. The topological polar surface area (TPSA) is 79.5 Å². The first-order chi connectivity index (χ1) is 13.6. The van der Waals surface area contributed by atoms with Crippen molar-refractivity contribution in [1.29, 1.82) is 0 Å². The summed E-state index contributed by atoms with van der Waals surface area (Å²) in [6.07, 6.45) is 0.609. The van der Waals surface area contributed by atoms with Gasteiger partial charge in [0.15, 0.2) is 0 Å². The van der Waals surface area contributed by atoms with Crippen molar-refractivity contribution in [3.8, 4) is 0 Å². The van der Waals surface area contributed by atoms with Crippen molar-refractivity contribution in [3.63, 3.8) is 0 Å². The zero-order valence-corrected chi connectivity index (χ0v) is 16.8. The van der Waals surface area contributed by atoms with Gasteiger partial charge in [-0.3, -0.25) is 5.32 Å². The van der Waals surface area contributed by atoms with Crippen molar-refractivity contribution >= 4 is 23.3 Å². The van der Waals surface area contributed by atoms with Crippen molar-refractivity contribution in [2.45, 2.75) is 32.4 Å². The van der Waals surface area contributed by atoms with E-state index in [-0.39, 0.29) is 24.7 Å². The summed E-state index contributed by atoms with van der Waals surface area (Å²) in [6, 6.07) is 13.5. The van der Waals surface area contributed by atoms with Crippen LogP contribution < -0.4 is 16.0 Å². The van der Waals surface area contributed by atoms with E-state index >= 15 is 0 Å². The van der Waals surface area contributed by atoms with Gasteiger partial charge in [-0.15, -0.1) is 11.3 Å². The monoisotopic (exact) mass is 399 g/mol. The van der Waals surface area contributed by atoms with Gasteiger partial charge in [-0.25, -0.2) is 9.59 Å². The highest BCUT2D eigenvalue weighted by molar-refractivity contribution is 7.10. The van der Waals surface area contributed by atoms with Crippen molar-refractivity contribution in [1.82, 2.24) is 16.0 Å². The molecule has 2 amide bonds. The summed E-state index contributed by atoms with van der Waals surface area (Å²) >= 11 is 1.66. The number of urea groups is 1. The molecule has 0 saturated carbocycles. The Labute approximate surface area is 169 Å². The van der Waals surface area contributed by atoms with Crippen LogP contribution in [0.4, 0.5) is 4.79 Å². The Morgan fingerprint density at radius 2 is 2.00 bits per heavy atom. The first-order valence-corrected chi connectivity index (χ1v) is 10.3. The summed E-state index contributed by atoms with van der Waals surface area (Å²) < 4.78 is 5.23. The van der Waals surface area contributed by atoms with E-state index in [0.29, 0.717) is 24.2 Å². The molecule has 2 aromatic rings. The van der Waals surface area contributed by atoms with E-state index in [0.717, 1.165) is 10.4 Å². The summed E-state index contributed by atoms with van der Waals surface area (Å²) in [5.41, 5.74) is 2.16. The van der Waals surface area contributed by atoms with Gasteiger partial charge in [-0.05, 0) is 30.4 Å². The molecule has 7 heteroatoms. The van der Waals surface area contributed by atoms with Gasteiger partial charge in [-0.1, -0.05) is 43.3 Å². The van der Waals surface area contributed by atoms with Crippen LogP contribution in [-0.2, 0) is 9.53 Å². The second-order valence-corrected chi connectivity index (χ2v) is 7.39. The van der Waals surface area contributed by atoms with Gasteiger partial charge in [-0.2, -0.15) is 0 Å². The molecule has 6 nitrogen and oxygen atoms in total. The van der Waals surface area contributed by atoms with Crippen LogP contribution in [0.3, 0.4) is 0 Å². The molecule has 3 rings (SSSR count). The Morgan fingerprint density at radius 3 is 2.64 bits per heavy atom. The first-order valence-electron chi connectivity index (χ1n) is 9.43. The number of hydrogen-bond donors (Lipinski definition) is 3. The van der Waals surface area contributed by atoms with Gasteiger partial charge in [0.05, 0.1) is 24.3 Å². The minimum atomic E-state index is -0.397. The summed E-state index contributed by atoms with van der Waals surface area (Å²) in [5.74, 6) is -0.397. The standard InChI is InChI=1S/C21H25N3O3S/c1-3-15-18(20(25)27-4-2)16(24-21(26)23-15)13-22-19(17-11-8-12-28-17)14-9-6-5-7-10-14/h5-12,15,19,22H,3-4,13H2,1-2H3,(H2,23,24,26)/t15-,19-/m0/s1. The van der Waals surface area contributed by atoms with Crippen LogP contribution in [0.1, 0.15) is 36.8 Å². The molecule has 0 aliphatic carbocycles. The van der Waals surface area contributed by atoms with E-state index in [2.05, 4.69) is 34.1 Å². The Bertz CT molecular complexity index is 834. The number of esters is 1. The number of ether oxygens (including phenoxy) is 1. The lowest BCUT2D eigenvalue weighted by atomic mass is 9.99. The lowest BCUT2D eigenvalue weighted by Crippen LogP contribution is -2.52. The smallest absolute Gasteiger partial charge is 0.337 e. The van der Waals surface area contributed by atoms with Crippen molar-refractivity contribution in [2.24, 2.45) is 0 Å². The van der Waals surface area contributed by atoms with E-state index in [1.54, 1.807) is 18.3 Å². The highest BCUT2D eigenvalue weighted by Gasteiger charge is 2.31. The second-order valence-electron chi connectivity index (χ2n) is 6.41. The van der Waals surface area contributed by atoms with E-state index in [1.165, 1.54) is 0 Å². The maximum Gasteiger partial charge on any atom is 0.337 e. The van der Waals surface area contributed by atoms with E-state index in [1.807, 2.05) is 36.6 Å². The Hall–Kier alpha value is -2.64. The number of benzene rings is 1. The fourth-order valence-electron chi connectivity index (χ4n) is 3.29. The van der Waals surface area contributed by atoms with Crippen LogP contribution in [0.25, 0.3) is 0 Å². The van der Waals surface area contributed by atoms with Gasteiger partial charge in [0.25, 0.3) is 0 Å². The molecule has 0 radical (unpaired) electrons. The number of carbonyl (C=O) groups excluding carboxylic acids is 2. The number of rotatable bonds is 8. The van der Waals surface area contributed by atoms with Crippen LogP contribution in [0, 0.1) is 0 Å². The molecule has 2 atom stereocenters. The quantitative estimate of drug-likeness (QED) is 0.595. The number of carbonyl (C=O) groups is 2. The van der Waals surface area contributed by atoms with E-state index < -0.39 is 5.97 Å². The third-order valence-electron chi connectivity index (χ3n) is 4.59. The zero-order valence-electron chi connectivity index (χ0n) is 16.0. The lowest BCUT2D eigenvalue weighted by molar-refractivity contribution is -0.139. The molecule has 1 aliphatic heterocycles. The van der Waals surface area contributed by atoms with Crippen LogP contribution >= 0.6 is 11.3 Å². The van der Waals surface area contributed by atoms with E-state index in [4.69, 9.17) is 4.74 Å². The maximum atomic E-state index is 12.5. The summed E-state index contributed by atoms with van der Waals surface area (Å²) in [4.78, 5) is 25.8. The van der Waals surface area contributed by atoms with Gasteiger partial charge < -0.3 is 15.4 Å². The summed E-state index contributed by atoms with van der Waals surface area (Å²) in [5, 5.41) is 11.1. The molecule has 0 spiro atoms. The number of thiophene rings is 1. The fraction of sp³-hybridized carbons (Fsp3) is 0.333. The molecule has 148 valence electrons. The Kier molecular flexibility index (Phi) is 6.84. The van der Waals surface area contributed by atoms with Gasteiger partial charge in [0.2, 0.25) is 0 Å². The Balaban J connectivity index is 1.89. The largest absolute Gasteiger partial charge is 0.463 e. The molecule has 28 heavy (non-hydrogen) atoms. The Morgan fingerprint density at radius 1 is 1.21 bits per heavy atom. The fourth-order valence-corrected chi connectivity index (χ4v) is 4.12. The molecule has 3 N–H and O–H groups in total. The number of amides is 2. The number of hydrogen-bond acceptors (Lipinski definition) is 5. The molecule has 0 bridgehead atoms.